The molecule has 0 bridgehead atoms. The van der Waals surface area contributed by atoms with Gasteiger partial charge in [0.05, 0.1) is 6.26 Å². The average Bonchev–Trinajstić information content (AvgIpc) is 2.54. The van der Waals surface area contributed by atoms with Gasteiger partial charge in [-0.05, 0) is 25.9 Å². The molecule has 0 amide bonds. The van der Waals surface area contributed by atoms with E-state index in [0.29, 0.717) is 12.6 Å². The summed E-state index contributed by atoms with van der Waals surface area (Å²) in [7, 11) is -3.01. The Morgan fingerprint density at radius 1 is 1.43 bits per heavy atom. The molecule has 1 unspecified atom stereocenters. The predicted octanol–water partition coefficient (Wildman–Crippen LogP) is -1.12. The first-order valence-electron chi connectivity index (χ1n) is 4.97. The van der Waals surface area contributed by atoms with Crippen LogP contribution in [-0.4, -0.2) is 46.9 Å². The molecule has 1 aliphatic rings. The molecule has 5 nitrogen and oxygen atoms in total. The Balaban J connectivity index is 1.94. The molecule has 84 valence electrons. The van der Waals surface area contributed by atoms with Gasteiger partial charge in [-0.3, -0.25) is 0 Å². The maximum absolute atomic E-state index is 10.7. The van der Waals surface area contributed by atoms with Gasteiger partial charge in [0, 0.05) is 19.1 Å². The van der Waals surface area contributed by atoms with Crippen molar-refractivity contribution in [3.63, 3.8) is 0 Å². The fourth-order valence-electron chi connectivity index (χ4n) is 1.48. The Bertz CT molecular complexity index is 247. The average molecular weight is 221 g/mol. The molecular weight excluding hydrogens is 202 g/mol. The minimum atomic E-state index is -3.01. The highest BCUT2D eigenvalue weighted by atomic mass is 32.2. The van der Waals surface area contributed by atoms with Crippen molar-refractivity contribution in [1.29, 1.82) is 0 Å². The van der Waals surface area contributed by atoms with Crippen molar-refractivity contribution >= 4 is 10.0 Å². The van der Waals surface area contributed by atoms with Crippen LogP contribution in [0.4, 0.5) is 0 Å². The van der Waals surface area contributed by atoms with Crippen LogP contribution in [0.1, 0.15) is 12.8 Å². The Kier molecular flexibility index (Phi) is 4.80. The molecule has 0 aromatic rings. The van der Waals surface area contributed by atoms with E-state index in [4.69, 9.17) is 0 Å². The van der Waals surface area contributed by atoms with Crippen LogP contribution in [0, 0.1) is 0 Å². The van der Waals surface area contributed by atoms with E-state index >= 15 is 0 Å². The third kappa shape index (κ3) is 5.54. The van der Waals surface area contributed by atoms with Gasteiger partial charge in [-0.15, -0.1) is 0 Å². The minimum absolute atomic E-state index is 0.520. The van der Waals surface area contributed by atoms with Gasteiger partial charge < -0.3 is 10.6 Å². The summed E-state index contributed by atoms with van der Waals surface area (Å²) in [5.41, 5.74) is 0. The van der Waals surface area contributed by atoms with Crippen LogP contribution in [0.15, 0.2) is 0 Å². The Hall–Kier alpha value is -0.170. The van der Waals surface area contributed by atoms with Gasteiger partial charge in [0.2, 0.25) is 10.0 Å². The standard InChI is InChI=1S/C8H19N3O2S/c1-14(12,13)11-5-2-4-10-8-3-6-9-7-8/h8-11H,2-7H2,1H3. The number of hydrogen-bond donors (Lipinski definition) is 3. The predicted molar refractivity (Wildman–Crippen MR) is 56.7 cm³/mol. The van der Waals surface area contributed by atoms with E-state index < -0.39 is 10.0 Å². The van der Waals surface area contributed by atoms with Crippen LogP contribution >= 0.6 is 0 Å². The SMILES string of the molecule is CS(=O)(=O)NCCCNC1CCNC1. The zero-order chi connectivity index (χ0) is 10.4. The molecule has 3 N–H and O–H groups in total. The zero-order valence-corrected chi connectivity index (χ0v) is 9.36. The lowest BCUT2D eigenvalue weighted by molar-refractivity contribution is 0.530. The number of rotatable bonds is 6. The summed E-state index contributed by atoms with van der Waals surface area (Å²) in [6, 6.07) is 0.563. The lowest BCUT2D eigenvalue weighted by Gasteiger charge is -2.10. The van der Waals surface area contributed by atoms with Crippen molar-refractivity contribution in [3.05, 3.63) is 0 Å². The van der Waals surface area contributed by atoms with Gasteiger partial charge in [0.1, 0.15) is 0 Å². The Morgan fingerprint density at radius 3 is 2.79 bits per heavy atom. The van der Waals surface area contributed by atoms with Gasteiger partial charge in [-0.2, -0.15) is 0 Å². The molecule has 1 saturated heterocycles. The van der Waals surface area contributed by atoms with E-state index in [1.54, 1.807) is 0 Å². The van der Waals surface area contributed by atoms with E-state index in [1.165, 1.54) is 12.7 Å². The third-order valence-corrected chi connectivity index (χ3v) is 2.94. The lowest BCUT2D eigenvalue weighted by Crippen LogP contribution is -2.33. The molecule has 6 heteroatoms. The van der Waals surface area contributed by atoms with E-state index in [-0.39, 0.29) is 0 Å². The third-order valence-electron chi connectivity index (χ3n) is 2.21. The molecule has 14 heavy (non-hydrogen) atoms. The van der Waals surface area contributed by atoms with Crippen LogP contribution in [0.25, 0.3) is 0 Å². The molecule has 1 fully saturated rings. The van der Waals surface area contributed by atoms with E-state index in [9.17, 15) is 8.42 Å². The molecule has 0 aliphatic carbocycles. The van der Waals surface area contributed by atoms with Crippen molar-refractivity contribution in [3.8, 4) is 0 Å². The molecular formula is C8H19N3O2S. The molecule has 1 atom stereocenters. The normalized spacial score (nSPS) is 22.8. The van der Waals surface area contributed by atoms with Gasteiger partial charge in [-0.1, -0.05) is 0 Å². The molecule has 0 aromatic carbocycles. The number of nitrogens with one attached hydrogen (secondary N) is 3. The van der Waals surface area contributed by atoms with Gasteiger partial charge in [-0.25, -0.2) is 13.1 Å². The minimum Gasteiger partial charge on any atom is -0.315 e. The van der Waals surface area contributed by atoms with Crippen molar-refractivity contribution in [2.75, 3.05) is 32.4 Å². The molecule has 0 spiro atoms. The van der Waals surface area contributed by atoms with Crippen LogP contribution in [-0.2, 0) is 10.0 Å². The van der Waals surface area contributed by atoms with Crippen molar-refractivity contribution < 1.29 is 8.42 Å². The maximum atomic E-state index is 10.7. The first-order chi connectivity index (χ1) is 6.58. The summed E-state index contributed by atoms with van der Waals surface area (Å²) in [5.74, 6) is 0. The quantitative estimate of drug-likeness (QED) is 0.497. The van der Waals surface area contributed by atoms with Gasteiger partial charge in [0.15, 0.2) is 0 Å². The topological polar surface area (TPSA) is 70.2 Å². The van der Waals surface area contributed by atoms with Crippen LogP contribution < -0.4 is 15.4 Å². The molecule has 1 aliphatic heterocycles. The number of sulfonamides is 1. The molecule has 0 radical (unpaired) electrons. The van der Waals surface area contributed by atoms with Gasteiger partial charge >= 0.3 is 0 Å². The number of hydrogen-bond acceptors (Lipinski definition) is 4. The second-order valence-electron chi connectivity index (χ2n) is 3.66. The fraction of sp³-hybridized carbons (Fsp3) is 1.00. The second kappa shape index (κ2) is 5.65. The monoisotopic (exact) mass is 221 g/mol. The maximum Gasteiger partial charge on any atom is 0.208 e. The van der Waals surface area contributed by atoms with Crippen LogP contribution in [0.2, 0.25) is 0 Å². The first kappa shape index (κ1) is 11.9. The fourth-order valence-corrected chi connectivity index (χ4v) is 2.00. The molecule has 0 aromatic heterocycles. The van der Waals surface area contributed by atoms with Crippen molar-refractivity contribution in [2.45, 2.75) is 18.9 Å². The van der Waals surface area contributed by atoms with Crippen LogP contribution in [0.3, 0.4) is 0 Å². The molecule has 1 heterocycles. The Morgan fingerprint density at radius 2 is 2.21 bits per heavy atom. The highest BCUT2D eigenvalue weighted by Crippen LogP contribution is 1.96. The second-order valence-corrected chi connectivity index (χ2v) is 5.50. The highest BCUT2D eigenvalue weighted by molar-refractivity contribution is 7.88. The van der Waals surface area contributed by atoms with Gasteiger partial charge in [0.25, 0.3) is 0 Å². The van der Waals surface area contributed by atoms with E-state index in [1.807, 2.05) is 0 Å². The van der Waals surface area contributed by atoms with E-state index in [2.05, 4.69) is 15.4 Å². The first-order valence-corrected chi connectivity index (χ1v) is 6.86. The zero-order valence-electron chi connectivity index (χ0n) is 8.54. The van der Waals surface area contributed by atoms with E-state index in [0.717, 1.165) is 26.1 Å². The highest BCUT2D eigenvalue weighted by Gasteiger charge is 2.12. The lowest BCUT2D eigenvalue weighted by atomic mass is 10.2. The van der Waals surface area contributed by atoms with Crippen molar-refractivity contribution in [1.82, 2.24) is 15.4 Å². The molecule has 1 rings (SSSR count). The smallest absolute Gasteiger partial charge is 0.208 e. The summed E-state index contributed by atoms with van der Waals surface area (Å²) < 4.78 is 23.9. The summed E-state index contributed by atoms with van der Waals surface area (Å²) in [6.07, 6.45) is 3.18. The molecule has 0 saturated carbocycles. The Labute approximate surface area is 85.7 Å². The summed E-state index contributed by atoms with van der Waals surface area (Å²) in [6.45, 7) is 3.50. The van der Waals surface area contributed by atoms with Crippen LogP contribution in [0.5, 0.6) is 0 Å². The summed E-state index contributed by atoms with van der Waals surface area (Å²) >= 11 is 0. The largest absolute Gasteiger partial charge is 0.315 e. The summed E-state index contributed by atoms with van der Waals surface area (Å²) in [4.78, 5) is 0. The van der Waals surface area contributed by atoms with Crippen molar-refractivity contribution in [2.24, 2.45) is 0 Å². The summed E-state index contributed by atoms with van der Waals surface area (Å²) in [5, 5.41) is 6.63.